The summed E-state index contributed by atoms with van der Waals surface area (Å²) in [6.07, 6.45) is 0. The van der Waals surface area contributed by atoms with Crippen molar-refractivity contribution in [3.05, 3.63) is 25.1 Å². The molecule has 7 heteroatoms. The molecule has 0 aromatic heterocycles. The smallest absolute Gasteiger partial charge is 0.0808 e. The van der Waals surface area contributed by atoms with E-state index in [9.17, 15) is 5.11 Å². The maximum absolute atomic E-state index is 11.1. The van der Waals surface area contributed by atoms with Crippen molar-refractivity contribution in [2.45, 2.75) is 53.3 Å². The standard InChI is InChI=1S/C6HCl5O.3C3H7.Sn/c7-1-2(8)4(10)6(12)5(11)3(1)9;3*1-3-2;/h12H;3*3H,1-2H3;/q;;;;+1/p-1. The van der Waals surface area contributed by atoms with Gasteiger partial charge in [-0.25, -0.2) is 0 Å². The molecule has 0 heterocycles. The van der Waals surface area contributed by atoms with Gasteiger partial charge in [0.1, 0.15) is 0 Å². The first-order valence-corrected chi connectivity index (χ1v) is 13.8. The van der Waals surface area contributed by atoms with Crippen molar-refractivity contribution in [2.75, 3.05) is 0 Å². The molecule has 0 bridgehead atoms. The summed E-state index contributed by atoms with van der Waals surface area (Å²) in [5, 5.41) is 10.5. The minimum Gasteiger partial charge on any atom is -0.870 e. The summed E-state index contributed by atoms with van der Waals surface area (Å²) >= 11 is 26.7. The summed E-state index contributed by atoms with van der Waals surface area (Å²) < 4.78 is 3.09. The van der Waals surface area contributed by atoms with Crippen LogP contribution in [0.4, 0.5) is 0 Å². The first-order chi connectivity index (χ1) is 9.93. The minimum atomic E-state index is -1.01. The second-order valence-electron chi connectivity index (χ2n) is 5.86. The second-order valence-corrected chi connectivity index (χ2v) is 20.5. The Kier molecular flexibility index (Phi) is 10.9. The van der Waals surface area contributed by atoms with Gasteiger partial charge in [-0.15, -0.1) is 0 Å². The molecule has 1 aromatic carbocycles. The molecule has 0 N–H and O–H groups in total. The largest absolute Gasteiger partial charge is 0.870 e. The van der Waals surface area contributed by atoms with Gasteiger partial charge < -0.3 is 5.11 Å². The van der Waals surface area contributed by atoms with E-state index in [1.165, 1.54) is 0 Å². The van der Waals surface area contributed by atoms with E-state index in [2.05, 4.69) is 41.5 Å². The van der Waals surface area contributed by atoms with Crippen LogP contribution in [0.15, 0.2) is 0 Å². The molecule has 1 aromatic rings. The molecule has 0 aliphatic carbocycles. The zero-order valence-electron chi connectivity index (χ0n) is 13.5. The fourth-order valence-electron chi connectivity index (χ4n) is 2.58. The third-order valence-electron chi connectivity index (χ3n) is 3.17. The van der Waals surface area contributed by atoms with E-state index in [1.807, 2.05) is 0 Å². The molecular formula is C15H21Cl5OSn. The van der Waals surface area contributed by atoms with Crippen LogP contribution in [0.5, 0.6) is 5.75 Å². The average Bonchev–Trinajstić information content (AvgIpc) is 2.40. The predicted octanol–water partition coefficient (Wildman–Crippen LogP) is 7.74. The van der Waals surface area contributed by atoms with E-state index in [-0.39, 0.29) is 25.1 Å². The van der Waals surface area contributed by atoms with Crippen molar-refractivity contribution in [3.63, 3.8) is 0 Å². The Morgan fingerprint density at radius 1 is 0.591 bits per heavy atom. The summed E-state index contributed by atoms with van der Waals surface area (Å²) in [7, 11) is 0. The van der Waals surface area contributed by atoms with Gasteiger partial charge in [-0.2, -0.15) is 0 Å². The fourth-order valence-corrected chi connectivity index (χ4v) is 15.1. The van der Waals surface area contributed by atoms with Crippen molar-refractivity contribution < 1.29 is 5.11 Å². The normalized spacial score (nSPS) is 11.0. The van der Waals surface area contributed by atoms with Crippen molar-refractivity contribution in [2.24, 2.45) is 0 Å². The third-order valence-corrected chi connectivity index (χ3v) is 16.8. The van der Waals surface area contributed by atoms with E-state index >= 15 is 0 Å². The van der Waals surface area contributed by atoms with Crippen LogP contribution in [-0.2, 0) is 0 Å². The molecule has 0 aliphatic heterocycles. The van der Waals surface area contributed by atoms with Gasteiger partial charge in [0.15, 0.2) is 0 Å². The number of rotatable bonds is 3. The van der Waals surface area contributed by atoms with Crippen LogP contribution in [0, 0.1) is 0 Å². The third kappa shape index (κ3) is 6.29. The maximum Gasteiger partial charge on any atom is 0.0808 e. The monoisotopic (exact) mass is 512 g/mol. The van der Waals surface area contributed by atoms with E-state index in [0.717, 1.165) is 11.8 Å². The quantitative estimate of drug-likeness (QED) is 0.230. The van der Waals surface area contributed by atoms with Gasteiger partial charge in [-0.3, -0.25) is 0 Å². The van der Waals surface area contributed by atoms with Crippen molar-refractivity contribution >= 4 is 77.8 Å². The molecule has 0 fully saturated rings. The Hall–Kier alpha value is 1.27. The van der Waals surface area contributed by atoms with Gasteiger partial charge in [0.2, 0.25) is 0 Å². The average molecular weight is 513 g/mol. The van der Waals surface area contributed by atoms with Gasteiger partial charge in [0.05, 0.1) is 25.1 Å². The van der Waals surface area contributed by atoms with Crippen LogP contribution in [0.25, 0.3) is 0 Å². The molecule has 1 nitrogen and oxygen atoms in total. The first-order valence-electron chi connectivity index (χ1n) is 6.98. The molecule has 0 amide bonds. The number of halogens is 5. The van der Waals surface area contributed by atoms with E-state index in [0.29, 0.717) is 0 Å². The zero-order chi connectivity index (χ0) is 17.8. The molecule has 22 heavy (non-hydrogen) atoms. The van der Waals surface area contributed by atoms with Gasteiger partial charge in [-0.1, -0.05) is 63.8 Å². The Morgan fingerprint density at radius 3 is 1.00 bits per heavy atom. The molecule has 0 unspecified atom stereocenters. The van der Waals surface area contributed by atoms with Crippen molar-refractivity contribution in [1.29, 1.82) is 0 Å². The van der Waals surface area contributed by atoms with E-state index in [1.54, 1.807) is 0 Å². The fraction of sp³-hybridized carbons (Fsp3) is 0.600. The Balaban J connectivity index is 0.000000409. The van der Waals surface area contributed by atoms with Gasteiger partial charge in [0, 0.05) is 0 Å². The summed E-state index contributed by atoms with van der Waals surface area (Å²) in [6, 6.07) is 0. The van der Waals surface area contributed by atoms with Crippen molar-refractivity contribution in [3.8, 4) is 5.75 Å². The SMILES string of the molecule is C[CH](C)[Sn+]([CH](C)C)[CH](C)C.[O-]c1c(Cl)c(Cl)c(Cl)c(Cl)c1Cl. The van der Waals surface area contributed by atoms with E-state index < -0.39 is 25.5 Å². The Morgan fingerprint density at radius 2 is 0.818 bits per heavy atom. The number of benzene rings is 1. The molecule has 0 atom stereocenters. The Bertz CT molecular complexity index is 379. The van der Waals surface area contributed by atoms with Crippen LogP contribution in [-0.4, -0.2) is 19.8 Å². The summed E-state index contributed by atoms with van der Waals surface area (Å²) in [5.74, 6) is -0.613. The number of hydrogen-bond acceptors (Lipinski definition) is 1. The molecule has 0 aliphatic rings. The molecule has 0 saturated carbocycles. The van der Waals surface area contributed by atoms with E-state index in [4.69, 9.17) is 58.0 Å². The van der Waals surface area contributed by atoms with Crippen LogP contribution in [0.2, 0.25) is 36.9 Å². The van der Waals surface area contributed by atoms with Crippen LogP contribution >= 0.6 is 58.0 Å². The predicted molar refractivity (Wildman–Crippen MR) is 102 cm³/mol. The first kappa shape index (κ1) is 23.3. The van der Waals surface area contributed by atoms with Crippen molar-refractivity contribution in [1.82, 2.24) is 0 Å². The van der Waals surface area contributed by atoms with Crippen LogP contribution < -0.4 is 5.11 Å². The minimum absolute atomic E-state index is 0.00654. The summed E-state index contributed by atoms with van der Waals surface area (Å²) in [6.45, 7) is 14.5. The molecule has 0 radical (unpaired) electrons. The second kappa shape index (κ2) is 10.3. The maximum atomic E-state index is 11.1. The molecular weight excluding hydrogens is 492 g/mol. The molecule has 0 saturated heterocycles. The van der Waals surface area contributed by atoms with Gasteiger partial charge in [-0.05, 0) is 0 Å². The van der Waals surface area contributed by atoms with Gasteiger partial charge in [0.25, 0.3) is 0 Å². The molecule has 0 spiro atoms. The number of hydrogen-bond donors (Lipinski definition) is 0. The molecule has 1 rings (SSSR count). The van der Waals surface area contributed by atoms with Crippen LogP contribution in [0.1, 0.15) is 41.5 Å². The zero-order valence-corrected chi connectivity index (χ0v) is 20.2. The summed E-state index contributed by atoms with van der Waals surface area (Å²) in [4.78, 5) is 0. The molecule has 126 valence electrons. The Labute approximate surface area is 166 Å². The summed E-state index contributed by atoms with van der Waals surface area (Å²) in [5.41, 5.74) is 0. The van der Waals surface area contributed by atoms with Gasteiger partial charge >= 0.3 is 73.1 Å². The van der Waals surface area contributed by atoms with Crippen LogP contribution in [0.3, 0.4) is 0 Å². The topological polar surface area (TPSA) is 23.1 Å².